The van der Waals surface area contributed by atoms with Crippen molar-refractivity contribution in [1.29, 1.82) is 0 Å². The molecule has 17 heavy (non-hydrogen) atoms. The maximum absolute atomic E-state index is 11.8. The van der Waals surface area contributed by atoms with Crippen molar-refractivity contribution in [2.45, 2.75) is 45.6 Å². The quantitative estimate of drug-likeness (QED) is 0.602. The van der Waals surface area contributed by atoms with Crippen molar-refractivity contribution in [1.82, 2.24) is 5.32 Å². The number of hydrogen-bond donors (Lipinski definition) is 1. The number of benzene rings is 1. The van der Waals surface area contributed by atoms with Crippen molar-refractivity contribution in [3.63, 3.8) is 0 Å². The molecule has 0 heterocycles. The molecule has 0 saturated heterocycles. The van der Waals surface area contributed by atoms with Crippen LogP contribution in [0, 0.1) is 0 Å². The van der Waals surface area contributed by atoms with Crippen molar-refractivity contribution < 1.29 is 4.79 Å². The van der Waals surface area contributed by atoms with E-state index in [1.165, 1.54) is 0 Å². The van der Waals surface area contributed by atoms with E-state index in [9.17, 15) is 4.79 Å². The minimum absolute atomic E-state index is 0.170. The van der Waals surface area contributed by atoms with Crippen LogP contribution in [0.2, 0.25) is 0 Å². The van der Waals surface area contributed by atoms with Gasteiger partial charge in [0.1, 0.15) is 0 Å². The number of hydrogen-bond acceptors (Lipinski definition) is 2. The first-order valence-electron chi connectivity index (χ1n) is 6.32. The summed E-state index contributed by atoms with van der Waals surface area (Å²) in [7, 11) is 0. The molecular weight excluding hydrogens is 210 g/mol. The van der Waals surface area contributed by atoms with E-state index >= 15 is 0 Å². The Balaban J connectivity index is 2.18. The molecule has 1 aromatic rings. The fourth-order valence-corrected chi connectivity index (χ4v) is 1.64. The Morgan fingerprint density at radius 2 is 1.76 bits per heavy atom. The molecule has 1 rings (SSSR count). The van der Waals surface area contributed by atoms with Crippen molar-refractivity contribution >= 4 is 5.78 Å². The molecule has 0 aromatic heterocycles. The molecule has 0 unspecified atom stereocenters. The average molecular weight is 233 g/mol. The van der Waals surface area contributed by atoms with Gasteiger partial charge in [0.2, 0.25) is 0 Å². The minimum Gasteiger partial charge on any atom is -0.312 e. The summed E-state index contributed by atoms with van der Waals surface area (Å²) in [5, 5.41) is 3.42. The van der Waals surface area contributed by atoms with Crippen LogP contribution in [0.15, 0.2) is 30.3 Å². The normalized spacial score (nSPS) is 11.5. The molecule has 0 aliphatic carbocycles. The summed E-state index contributed by atoms with van der Waals surface area (Å²) in [5.74, 6) is 0.251. The summed E-state index contributed by atoms with van der Waals surface area (Å²) in [6.45, 7) is 7.44. The lowest BCUT2D eigenvalue weighted by atomic mass is 10.0. The van der Waals surface area contributed by atoms with E-state index in [-0.39, 0.29) is 11.3 Å². The first-order chi connectivity index (χ1) is 7.99. The SMILES string of the molecule is CC(C)(C)NCCCCC(=O)c1ccccc1. The second kappa shape index (κ2) is 6.55. The van der Waals surface area contributed by atoms with Crippen LogP contribution in [-0.2, 0) is 0 Å². The van der Waals surface area contributed by atoms with E-state index < -0.39 is 0 Å². The van der Waals surface area contributed by atoms with Gasteiger partial charge in [0.25, 0.3) is 0 Å². The molecule has 0 saturated carbocycles. The van der Waals surface area contributed by atoms with Gasteiger partial charge in [0.15, 0.2) is 5.78 Å². The number of nitrogens with one attached hydrogen (secondary N) is 1. The van der Waals surface area contributed by atoms with E-state index in [0.29, 0.717) is 6.42 Å². The van der Waals surface area contributed by atoms with Gasteiger partial charge < -0.3 is 5.32 Å². The highest BCUT2D eigenvalue weighted by Gasteiger charge is 2.08. The van der Waals surface area contributed by atoms with Crippen LogP contribution in [0.3, 0.4) is 0 Å². The summed E-state index contributed by atoms with van der Waals surface area (Å²) in [6, 6.07) is 9.53. The predicted molar refractivity (Wildman–Crippen MR) is 72.4 cm³/mol. The standard InChI is InChI=1S/C15H23NO/c1-15(2,3)16-12-8-7-11-14(17)13-9-5-4-6-10-13/h4-6,9-10,16H,7-8,11-12H2,1-3H3. The van der Waals surface area contributed by atoms with Crippen LogP contribution in [0.25, 0.3) is 0 Å². The monoisotopic (exact) mass is 233 g/mol. The van der Waals surface area contributed by atoms with E-state index in [0.717, 1.165) is 24.9 Å². The Kier molecular flexibility index (Phi) is 5.36. The zero-order valence-corrected chi connectivity index (χ0v) is 11.1. The molecule has 0 aliphatic heterocycles. The molecule has 0 aliphatic rings. The highest BCUT2D eigenvalue weighted by Crippen LogP contribution is 2.07. The summed E-state index contributed by atoms with van der Waals surface area (Å²) < 4.78 is 0. The molecule has 2 heteroatoms. The van der Waals surface area contributed by atoms with E-state index in [2.05, 4.69) is 26.1 Å². The van der Waals surface area contributed by atoms with E-state index in [4.69, 9.17) is 0 Å². The first-order valence-corrected chi connectivity index (χ1v) is 6.32. The van der Waals surface area contributed by atoms with Crippen LogP contribution in [0.5, 0.6) is 0 Å². The number of carbonyl (C=O) groups is 1. The van der Waals surface area contributed by atoms with Gasteiger partial charge in [-0.25, -0.2) is 0 Å². The molecule has 0 fully saturated rings. The highest BCUT2D eigenvalue weighted by molar-refractivity contribution is 5.95. The molecule has 94 valence electrons. The third kappa shape index (κ3) is 6.22. The van der Waals surface area contributed by atoms with Gasteiger partial charge in [0, 0.05) is 17.5 Å². The third-order valence-electron chi connectivity index (χ3n) is 2.58. The molecular formula is C15H23NO. The molecule has 0 atom stereocenters. The largest absolute Gasteiger partial charge is 0.312 e. The molecule has 2 nitrogen and oxygen atoms in total. The number of ketones is 1. The van der Waals surface area contributed by atoms with Gasteiger partial charge in [-0.05, 0) is 40.2 Å². The molecule has 1 aromatic carbocycles. The summed E-state index contributed by atoms with van der Waals surface area (Å²) >= 11 is 0. The summed E-state index contributed by atoms with van der Waals surface area (Å²) in [5.41, 5.74) is 1.000. The molecule has 0 bridgehead atoms. The lowest BCUT2D eigenvalue weighted by Gasteiger charge is -2.20. The topological polar surface area (TPSA) is 29.1 Å². The molecule has 0 spiro atoms. The highest BCUT2D eigenvalue weighted by atomic mass is 16.1. The Bertz CT molecular complexity index is 338. The predicted octanol–water partition coefficient (Wildman–Crippen LogP) is 3.43. The average Bonchev–Trinajstić information content (AvgIpc) is 2.28. The van der Waals surface area contributed by atoms with Gasteiger partial charge in [-0.15, -0.1) is 0 Å². The van der Waals surface area contributed by atoms with Crippen LogP contribution in [0.1, 0.15) is 50.4 Å². The Labute approximate surface area is 104 Å². The maximum atomic E-state index is 11.8. The number of unbranched alkanes of at least 4 members (excludes halogenated alkanes) is 1. The van der Waals surface area contributed by atoms with Crippen LogP contribution >= 0.6 is 0 Å². The fourth-order valence-electron chi connectivity index (χ4n) is 1.64. The van der Waals surface area contributed by atoms with E-state index in [1.54, 1.807) is 0 Å². The lowest BCUT2D eigenvalue weighted by Crippen LogP contribution is -2.36. The molecule has 0 amide bonds. The van der Waals surface area contributed by atoms with Crippen molar-refractivity contribution in [3.8, 4) is 0 Å². The second-order valence-electron chi connectivity index (χ2n) is 5.42. The maximum Gasteiger partial charge on any atom is 0.162 e. The van der Waals surface area contributed by atoms with Gasteiger partial charge in [-0.2, -0.15) is 0 Å². The van der Waals surface area contributed by atoms with Crippen LogP contribution < -0.4 is 5.32 Å². The number of Topliss-reactive ketones (excluding diaryl/α,β-unsaturated/α-hetero) is 1. The van der Waals surface area contributed by atoms with Crippen molar-refractivity contribution in [3.05, 3.63) is 35.9 Å². The zero-order chi connectivity index (χ0) is 12.7. The Morgan fingerprint density at radius 3 is 2.35 bits per heavy atom. The number of rotatable bonds is 6. The van der Waals surface area contributed by atoms with Crippen LogP contribution in [-0.4, -0.2) is 17.9 Å². The smallest absolute Gasteiger partial charge is 0.162 e. The van der Waals surface area contributed by atoms with E-state index in [1.807, 2.05) is 30.3 Å². The summed E-state index contributed by atoms with van der Waals surface area (Å²) in [4.78, 5) is 11.8. The zero-order valence-electron chi connectivity index (χ0n) is 11.1. The Hall–Kier alpha value is -1.15. The first kappa shape index (κ1) is 13.9. The van der Waals surface area contributed by atoms with Crippen molar-refractivity contribution in [2.75, 3.05) is 6.54 Å². The van der Waals surface area contributed by atoms with Gasteiger partial charge in [0.05, 0.1) is 0 Å². The molecule has 1 N–H and O–H groups in total. The van der Waals surface area contributed by atoms with Crippen LogP contribution in [0.4, 0.5) is 0 Å². The Morgan fingerprint density at radius 1 is 1.12 bits per heavy atom. The van der Waals surface area contributed by atoms with Gasteiger partial charge in [-0.3, -0.25) is 4.79 Å². The van der Waals surface area contributed by atoms with Crippen molar-refractivity contribution in [2.24, 2.45) is 0 Å². The van der Waals surface area contributed by atoms with Gasteiger partial charge in [-0.1, -0.05) is 30.3 Å². The summed E-state index contributed by atoms with van der Waals surface area (Å²) in [6.07, 6.45) is 2.66. The lowest BCUT2D eigenvalue weighted by molar-refractivity contribution is 0.0979. The van der Waals surface area contributed by atoms with Gasteiger partial charge >= 0.3 is 0 Å². The third-order valence-corrected chi connectivity index (χ3v) is 2.58. The fraction of sp³-hybridized carbons (Fsp3) is 0.533. The molecule has 0 radical (unpaired) electrons. The minimum atomic E-state index is 0.170. The number of carbonyl (C=O) groups excluding carboxylic acids is 1. The second-order valence-corrected chi connectivity index (χ2v) is 5.42.